The summed E-state index contributed by atoms with van der Waals surface area (Å²) >= 11 is 0. The summed E-state index contributed by atoms with van der Waals surface area (Å²) in [7, 11) is 0. The average Bonchev–Trinajstić information content (AvgIpc) is 3.66. The van der Waals surface area contributed by atoms with Gasteiger partial charge in [0.05, 0.1) is 11.8 Å². The van der Waals surface area contributed by atoms with Crippen molar-refractivity contribution in [1.29, 1.82) is 0 Å². The van der Waals surface area contributed by atoms with E-state index in [2.05, 4.69) is 19.1 Å². The molecule has 0 heterocycles. The summed E-state index contributed by atoms with van der Waals surface area (Å²) in [5.74, 6) is 1.50. The van der Waals surface area contributed by atoms with E-state index < -0.39 is 0 Å². The van der Waals surface area contributed by atoms with Gasteiger partial charge in [-0.1, -0.05) is 30.7 Å². The van der Waals surface area contributed by atoms with Crippen molar-refractivity contribution < 1.29 is 23.9 Å². The quantitative estimate of drug-likeness (QED) is 0.195. The summed E-state index contributed by atoms with van der Waals surface area (Å²) in [5.41, 5.74) is 2.42. The van der Waals surface area contributed by atoms with E-state index in [1.54, 1.807) is 48.5 Å². The van der Waals surface area contributed by atoms with Gasteiger partial charge in [-0.2, -0.15) is 0 Å². The smallest absolute Gasteiger partial charge is 0.314 e. The van der Waals surface area contributed by atoms with E-state index in [4.69, 9.17) is 9.47 Å². The number of ether oxygens (including phenoxy) is 2. The molecule has 5 rings (SSSR count). The first-order valence-corrected chi connectivity index (χ1v) is 13.0. The highest BCUT2D eigenvalue weighted by atomic mass is 16.5. The van der Waals surface area contributed by atoms with Crippen LogP contribution in [0.3, 0.4) is 0 Å². The Balaban J connectivity index is 1.15. The number of hydrogen-bond donors (Lipinski definition) is 0. The van der Waals surface area contributed by atoms with Crippen LogP contribution in [-0.2, 0) is 9.59 Å². The number of esters is 2. The van der Waals surface area contributed by atoms with E-state index >= 15 is 0 Å². The number of benzene rings is 2. The maximum atomic E-state index is 12.9. The third-order valence-corrected chi connectivity index (χ3v) is 7.60. The van der Waals surface area contributed by atoms with Crippen LogP contribution in [0.1, 0.15) is 67.8 Å². The van der Waals surface area contributed by atoms with Crippen molar-refractivity contribution in [1.82, 2.24) is 0 Å². The second-order valence-corrected chi connectivity index (χ2v) is 10.3. The van der Waals surface area contributed by atoms with Gasteiger partial charge in [-0.25, -0.2) is 0 Å². The lowest BCUT2D eigenvalue weighted by molar-refractivity contribution is -0.140. The third kappa shape index (κ3) is 5.67. The highest BCUT2D eigenvalue weighted by molar-refractivity contribution is 6.09. The molecule has 4 atom stereocenters. The summed E-state index contributed by atoms with van der Waals surface area (Å²) in [6.07, 6.45) is 12.6. The summed E-state index contributed by atoms with van der Waals surface area (Å²) in [4.78, 5) is 38.0. The molecule has 36 heavy (non-hydrogen) atoms. The molecule has 3 unspecified atom stereocenters. The van der Waals surface area contributed by atoms with Crippen molar-refractivity contribution in [2.75, 3.05) is 0 Å². The molecule has 3 aliphatic carbocycles. The summed E-state index contributed by atoms with van der Waals surface area (Å²) in [5, 5.41) is 0. The Bertz CT molecular complexity index is 1190. The molecule has 0 aliphatic heterocycles. The van der Waals surface area contributed by atoms with Crippen LogP contribution in [0.15, 0.2) is 72.3 Å². The number of hydrogen-bond acceptors (Lipinski definition) is 5. The van der Waals surface area contributed by atoms with Crippen LogP contribution in [0.2, 0.25) is 0 Å². The molecule has 1 saturated carbocycles. The van der Waals surface area contributed by atoms with E-state index in [9.17, 15) is 14.4 Å². The maximum absolute atomic E-state index is 12.9. The van der Waals surface area contributed by atoms with E-state index in [-0.39, 0.29) is 29.6 Å². The molecule has 5 nitrogen and oxygen atoms in total. The lowest BCUT2D eigenvalue weighted by atomic mass is 9.86. The molecule has 2 aromatic rings. The third-order valence-electron chi connectivity index (χ3n) is 7.60. The summed E-state index contributed by atoms with van der Waals surface area (Å²) < 4.78 is 11.1. The zero-order chi connectivity index (χ0) is 25.1. The topological polar surface area (TPSA) is 69.7 Å². The van der Waals surface area contributed by atoms with Gasteiger partial charge in [-0.05, 0) is 105 Å². The van der Waals surface area contributed by atoms with Gasteiger partial charge in [0.25, 0.3) is 0 Å². The van der Waals surface area contributed by atoms with Gasteiger partial charge >= 0.3 is 11.9 Å². The molecule has 2 aromatic carbocycles. The second-order valence-electron chi connectivity index (χ2n) is 10.3. The minimum atomic E-state index is -0.230. The maximum Gasteiger partial charge on any atom is 0.314 e. The SMILES string of the molecule is CC1C[C@H]1C1=CCCC(C(=O)Oc2ccc(C(=O)c3ccc(OC(=O)C4CC=CCC4)cc3)cc2)C1. The lowest BCUT2D eigenvalue weighted by Gasteiger charge is -2.21. The molecular formula is C31H32O5. The Kier molecular flexibility index (Phi) is 7.17. The fourth-order valence-corrected chi connectivity index (χ4v) is 5.20. The zero-order valence-corrected chi connectivity index (χ0v) is 20.7. The Morgan fingerprint density at radius 1 is 0.750 bits per heavy atom. The molecule has 0 amide bonds. The van der Waals surface area contributed by atoms with Crippen LogP contribution < -0.4 is 9.47 Å². The number of rotatable bonds is 7. The second kappa shape index (κ2) is 10.7. The van der Waals surface area contributed by atoms with Crippen LogP contribution in [0.4, 0.5) is 0 Å². The Hall–Kier alpha value is -3.47. The van der Waals surface area contributed by atoms with Gasteiger partial charge in [-0.3, -0.25) is 14.4 Å². The van der Waals surface area contributed by atoms with Gasteiger partial charge in [0, 0.05) is 11.1 Å². The van der Waals surface area contributed by atoms with Crippen LogP contribution in [0, 0.1) is 23.7 Å². The number of carbonyl (C=O) groups is 3. The van der Waals surface area contributed by atoms with Crippen molar-refractivity contribution in [3.63, 3.8) is 0 Å². The van der Waals surface area contributed by atoms with Gasteiger partial charge in [0.2, 0.25) is 0 Å². The van der Waals surface area contributed by atoms with Crippen LogP contribution >= 0.6 is 0 Å². The molecule has 1 fully saturated rings. The molecule has 0 bridgehead atoms. The van der Waals surface area contributed by atoms with Crippen molar-refractivity contribution in [2.24, 2.45) is 23.7 Å². The van der Waals surface area contributed by atoms with Crippen molar-refractivity contribution >= 4 is 17.7 Å². The monoisotopic (exact) mass is 484 g/mol. The molecule has 0 aromatic heterocycles. The predicted octanol–water partition coefficient (Wildman–Crippen LogP) is 6.47. The number of allylic oxidation sites excluding steroid dienone is 4. The lowest BCUT2D eigenvalue weighted by Crippen LogP contribution is -2.23. The molecule has 0 spiro atoms. The van der Waals surface area contributed by atoms with Gasteiger partial charge in [-0.15, -0.1) is 0 Å². The number of ketones is 1. The van der Waals surface area contributed by atoms with Gasteiger partial charge in [0.1, 0.15) is 11.5 Å². The summed E-state index contributed by atoms with van der Waals surface area (Å²) in [6.45, 7) is 2.26. The van der Waals surface area contributed by atoms with Crippen molar-refractivity contribution in [2.45, 2.75) is 51.9 Å². The van der Waals surface area contributed by atoms with Gasteiger partial charge in [0.15, 0.2) is 5.78 Å². The Morgan fingerprint density at radius 2 is 1.31 bits per heavy atom. The first kappa shape index (κ1) is 24.2. The van der Waals surface area contributed by atoms with E-state index in [0.29, 0.717) is 35.0 Å². The molecule has 3 aliphatic rings. The minimum Gasteiger partial charge on any atom is -0.426 e. The van der Waals surface area contributed by atoms with E-state index in [1.165, 1.54) is 12.0 Å². The zero-order valence-electron chi connectivity index (χ0n) is 20.7. The average molecular weight is 485 g/mol. The predicted molar refractivity (Wildman–Crippen MR) is 137 cm³/mol. The van der Waals surface area contributed by atoms with E-state index in [1.807, 2.05) is 6.08 Å². The first-order valence-electron chi connectivity index (χ1n) is 13.0. The standard InChI is InChI=1S/C31H32O5/c1-20-18-28(20)24-8-5-9-25(19-24)31(34)36-27-16-12-22(13-17-27)29(32)21-10-14-26(15-11-21)35-30(33)23-6-3-2-4-7-23/h2-3,8,10-17,20,23,25,28H,4-7,9,18-19H2,1H3/t20?,23?,25?,28-/m1/s1. The highest BCUT2D eigenvalue weighted by Crippen LogP contribution is 2.47. The normalized spacial score (nSPS) is 25.0. The number of carbonyl (C=O) groups excluding carboxylic acids is 3. The molecule has 186 valence electrons. The van der Waals surface area contributed by atoms with Crippen molar-refractivity contribution in [3.8, 4) is 11.5 Å². The summed E-state index contributed by atoms with van der Waals surface area (Å²) in [6, 6.07) is 13.3. The van der Waals surface area contributed by atoms with Crippen LogP contribution in [0.5, 0.6) is 11.5 Å². The molecule has 0 N–H and O–H groups in total. The first-order chi connectivity index (χ1) is 17.5. The Morgan fingerprint density at radius 3 is 1.83 bits per heavy atom. The largest absolute Gasteiger partial charge is 0.426 e. The van der Waals surface area contributed by atoms with Gasteiger partial charge < -0.3 is 9.47 Å². The molecule has 5 heteroatoms. The van der Waals surface area contributed by atoms with Crippen LogP contribution in [-0.4, -0.2) is 17.7 Å². The minimum absolute atomic E-state index is 0.0960. The van der Waals surface area contributed by atoms with Crippen molar-refractivity contribution in [3.05, 3.63) is 83.5 Å². The molecular weight excluding hydrogens is 452 g/mol. The molecule has 0 radical (unpaired) electrons. The Labute approximate surface area is 212 Å². The van der Waals surface area contributed by atoms with E-state index in [0.717, 1.165) is 38.0 Å². The fraction of sp³-hybridized carbons (Fsp3) is 0.387. The molecule has 0 saturated heterocycles. The highest BCUT2D eigenvalue weighted by Gasteiger charge is 2.38. The van der Waals surface area contributed by atoms with Crippen LogP contribution in [0.25, 0.3) is 0 Å². The fourth-order valence-electron chi connectivity index (χ4n) is 5.20.